The van der Waals surface area contributed by atoms with Crippen molar-refractivity contribution in [1.82, 2.24) is 24.7 Å². The zero-order valence-electron chi connectivity index (χ0n) is 16.4. The van der Waals surface area contributed by atoms with E-state index in [0.29, 0.717) is 24.2 Å². The molecule has 3 aromatic rings. The van der Waals surface area contributed by atoms with Crippen LogP contribution in [-0.4, -0.2) is 56.7 Å². The highest BCUT2D eigenvalue weighted by Crippen LogP contribution is 2.43. The summed E-state index contributed by atoms with van der Waals surface area (Å²) in [7, 11) is 0. The Bertz CT molecular complexity index is 1190. The second-order valence-corrected chi connectivity index (χ2v) is 8.08. The van der Waals surface area contributed by atoms with E-state index in [9.17, 15) is 26.7 Å². The fraction of sp³-hybridized carbons (Fsp3) is 0.421. The van der Waals surface area contributed by atoms with Crippen molar-refractivity contribution in [3.8, 4) is 0 Å². The van der Waals surface area contributed by atoms with Crippen molar-refractivity contribution in [2.75, 3.05) is 29.4 Å². The number of carbonyl (C=O) groups is 1. The number of rotatable bonds is 4. The zero-order valence-corrected chi connectivity index (χ0v) is 16.4. The van der Waals surface area contributed by atoms with Crippen molar-refractivity contribution < 1.29 is 26.7 Å². The van der Waals surface area contributed by atoms with Gasteiger partial charge in [0.25, 0.3) is 6.43 Å². The molecule has 2 fully saturated rings. The third kappa shape index (κ3) is 3.50. The molecule has 8 nitrogen and oxygen atoms in total. The van der Waals surface area contributed by atoms with Gasteiger partial charge in [-0.2, -0.15) is 23.3 Å². The van der Waals surface area contributed by atoms with Gasteiger partial charge in [0.1, 0.15) is 12.2 Å². The molecule has 0 aliphatic carbocycles. The molecular formula is C19H16F5N7O. The molecule has 32 heavy (non-hydrogen) atoms. The van der Waals surface area contributed by atoms with Gasteiger partial charge in [0, 0.05) is 49.6 Å². The van der Waals surface area contributed by atoms with Gasteiger partial charge in [0.2, 0.25) is 11.9 Å². The lowest BCUT2D eigenvalue weighted by atomic mass is 9.78. The molecule has 0 radical (unpaired) electrons. The molecule has 1 amide bonds. The third-order valence-corrected chi connectivity index (χ3v) is 5.69. The summed E-state index contributed by atoms with van der Waals surface area (Å²) in [6, 6.07) is 2.49. The number of fused-ring (bicyclic) bond motifs is 1. The van der Waals surface area contributed by atoms with Crippen molar-refractivity contribution in [3.63, 3.8) is 0 Å². The number of nitrogens with zero attached hydrogens (tertiary/aromatic N) is 7. The van der Waals surface area contributed by atoms with Crippen molar-refractivity contribution >= 4 is 28.6 Å². The number of amides is 1. The largest absolute Gasteiger partial charge is 0.433 e. The van der Waals surface area contributed by atoms with Crippen molar-refractivity contribution in [1.29, 1.82) is 0 Å². The lowest BCUT2D eigenvalue weighted by Gasteiger charge is -2.48. The van der Waals surface area contributed by atoms with Crippen molar-refractivity contribution in [3.05, 3.63) is 36.4 Å². The lowest BCUT2D eigenvalue weighted by Crippen LogP contribution is -2.57. The number of halogens is 5. The standard InChI is InChI=1S/C19H16F5N7O/c20-14(21)7-31-16-11(6-27-31)5-26-17(28-16)30-10-18(4-15(30)32)8-29(9-18)12-1-2-25-13(3-12)19(22,23)24/h1-3,5-6,14H,4,7-10H2. The van der Waals surface area contributed by atoms with Crippen LogP contribution in [0.15, 0.2) is 30.7 Å². The average Bonchev–Trinajstić information content (AvgIpc) is 3.26. The van der Waals surface area contributed by atoms with Crippen LogP contribution in [0.4, 0.5) is 33.6 Å². The molecule has 0 atom stereocenters. The fourth-order valence-corrected chi connectivity index (χ4v) is 4.26. The molecule has 0 bridgehead atoms. The molecule has 1 spiro atoms. The topological polar surface area (TPSA) is 80.0 Å². The van der Waals surface area contributed by atoms with Crippen LogP contribution in [0.3, 0.4) is 0 Å². The third-order valence-electron chi connectivity index (χ3n) is 5.69. The minimum absolute atomic E-state index is 0.0945. The number of hydrogen-bond donors (Lipinski definition) is 0. The number of pyridine rings is 1. The fourth-order valence-electron chi connectivity index (χ4n) is 4.26. The summed E-state index contributed by atoms with van der Waals surface area (Å²) < 4.78 is 65.4. The first-order valence-electron chi connectivity index (χ1n) is 9.69. The van der Waals surface area contributed by atoms with Gasteiger partial charge in [0.05, 0.1) is 11.6 Å². The van der Waals surface area contributed by atoms with Gasteiger partial charge >= 0.3 is 6.18 Å². The van der Waals surface area contributed by atoms with Gasteiger partial charge in [-0.15, -0.1) is 0 Å². The van der Waals surface area contributed by atoms with Crippen LogP contribution in [0.5, 0.6) is 0 Å². The molecule has 5 rings (SSSR count). The highest BCUT2D eigenvalue weighted by atomic mass is 19.4. The van der Waals surface area contributed by atoms with Crippen LogP contribution in [0, 0.1) is 5.41 Å². The van der Waals surface area contributed by atoms with Crippen LogP contribution in [0.25, 0.3) is 11.0 Å². The maximum Gasteiger partial charge on any atom is 0.433 e. The summed E-state index contributed by atoms with van der Waals surface area (Å²) in [5, 5.41) is 4.36. The Kier molecular flexibility index (Phi) is 4.53. The van der Waals surface area contributed by atoms with E-state index in [1.807, 2.05) is 0 Å². The molecule has 0 aromatic carbocycles. The normalized spacial score (nSPS) is 18.2. The lowest BCUT2D eigenvalue weighted by molar-refractivity contribution is -0.141. The predicted octanol–water partition coefficient (Wildman–Crippen LogP) is 2.75. The monoisotopic (exact) mass is 453 g/mol. The van der Waals surface area contributed by atoms with E-state index in [1.54, 1.807) is 4.90 Å². The Hall–Kier alpha value is -3.38. The van der Waals surface area contributed by atoms with Crippen LogP contribution in [0.1, 0.15) is 12.1 Å². The van der Waals surface area contributed by atoms with Crippen LogP contribution in [-0.2, 0) is 17.5 Å². The Morgan fingerprint density at radius 3 is 2.62 bits per heavy atom. The summed E-state index contributed by atoms with van der Waals surface area (Å²) in [5.74, 6) is -0.133. The van der Waals surface area contributed by atoms with E-state index in [4.69, 9.17) is 0 Å². The van der Waals surface area contributed by atoms with Gasteiger partial charge in [-0.25, -0.2) is 18.4 Å². The number of hydrogen-bond acceptors (Lipinski definition) is 6. The summed E-state index contributed by atoms with van der Waals surface area (Å²) in [5.41, 5.74) is -0.823. The first kappa shape index (κ1) is 20.5. The van der Waals surface area contributed by atoms with Gasteiger partial charge < -0.3 is 4.90 Å². The van der Waals surface area contributed by atoms with Crippen molar-refractivity contribution in [2.24, 2.45) is 5.41 Å². The summed E-state index contributed by atoms with van der Waals surface area (Å²) in [6.07, 6.45) is -3.04. The van der Waals surface area contributed by atoms with Gasteiger partial charge in [-0.05, 0) is 12.1 Å². The summed E-state index contributed by atoms with van der Waals surface area (Å²) in [6.45, 7) is 0.441. The van der Waals surface area contributed by atoms with E-state index in [2.05, 4.69) is 20.1 Å². The minimum atomic E-state index is -4.54. The van der Waals surface area contributed by atoms with E-state index in [1.165, 1.54) is 23.4 Å². The smallest absolute Gasteiger partial charge is 0.370 e. The Labute approximate surface area is 177 Å². The van der Waals surface area contributed by atoms with Crippen LogP contribution in [0.2, 0.25) is 0 Å². The molecule has 168 valence electrons. The summed E-state index contributed by atoms with van der Waals surface area (Å²) >= 11 is 0. The number of carbonyl (C=O) groups excluding carboxylic acids is 1. The molecule has 0 N–H and O–H groups in total. The van der Waals surface area contributed by atoms with E-state index >= 15 is 0 Å². The second kappa shape index (κ2) is 7.07. The molecule has 2 aliphatic heterocycles. The number of alkyl halides is 5. The van der Waals surface area contributed by atoms with Crippen molar-refractivity contribution in [2.45, 2.75) is 25.6 Å². The average molecular weight is 453 g/mol. The highest BCUT2D eigenvalue weighted by Gasteiger charge is 2.52. The minimum Gasteiger partial charge on any atom is -0.370 e. The van der Waals surface area contributed by atoms with E-state index in [0.717, 1.165) is 16.9 Å². The van der Waals surface area contributed by atoms with Crippen LogP contribution < -0.4 is 9.80 Å². The molecule has 5 heterocycles. The molecule has 2 saturated heterocycles. The molecule has 0 unspecified atom stereocenters. The molecule has 3 aromatic heterocycles. The quantitative estimate of drug-likeness (QED) is 0.566. The predicted molar refractivity (Wildman–Crippen MR) is 102 cm³/mol. The Morgan fingerprint density at radius 2 is 1.91 bits per heavy atom. The Morgan fingerprint density at radius 1 is 1.12 bits per heavy atom. The van der Waals surface area contributed by atoms with E-state index in [-0.39, 0.29) is 30.5 Å². The maximum atomic E-state index is 12.9. The highest BCUT2D eigenvalue weighted by molar-refractivity contribution is 5.96. The van der Waals surface area contributed by atoms with E-state index < -0.39 is 30.3 Å². The maximum absolute atomic E-state index is 12.9. The first-order chi connectivity index (χ1) is 15.1. The zero-order chi connectivity index (χ0) is 22.7. The molecule has 0 saturated carbocycles. The van der Waals surface area contributed by atoms with Gasteiger partial charge in [-0.1, -0.05) is 0 Å². The molecule has 13 heteroatoms. The first-order valence-corrected chi connectivity index (χ1v) is 9.69. The number of aromatic nitrogens is 5. The summed E-state index contributed by atoms with van der Waals surface area (Å²) in [4.78, 5) is 27.6. The van der Waals surface area contributed by atoms with Gasteiger partial charge in [0.15, 0.2) is 5.65 Å². The second-order valence-electron chi connectivity index (χ2n) is 8.08. The van der Waals surface area contributed by atoms with Crippen LogP contribution >= 0.6 is 0 Å². The Balaban J connectivity index is 1.33. The SMILES string of the molecule is O=C1CC2(CN(c3ccnc(C(F)(F)F)c3)C2)CN1c1ncc2cnn(CC(F)F)c2n1. The molecular weight excluding hydrogens is 437 g/mol. The molecule has 2 aliphatic rings. The number of anilines is 2. The van der Waals surface area contributed by atoms with Gasteiger partial charge in [-0.3, -0.25) is 14.7 Å².